The number of amides is 1. The van der Waals surface area contributed by atoms with Gasteiger partial charge in [0.15, 0.2) is 0 Å². The standard InChI is InChI=1S/C24H36N2O6S/c1-4-32-24(28)19-12-14-25(15-13-19)23(27)17-26(20-8-6-5-7-9-20)33(29,30)22-16-18(2)10-11-21(22)31-3/h10-11,16,19-20H,4-9,12-15,17H2,1-3H3. The highest BCUT2D eigenvalue weighted by Crippen LogP contribution is 2.33. The van der Waals surface area contributed by atoms with Crippen molar-refractivity contribution < 1.29 is 27.5 Å². The van der Waals surface area contributed by atoms with Crippen LogP contribution in [0, 0.1) is 12.8 Å². The van der Waals surface area contributed by atoms with E-state index in [1.165, 1.54) is 11.4 Å². The van der Waals surface area contributed by atoms with Crippen molar-refractivity contribution in [1.29, 1.82) is 0 Å². The molecule has 3 rings (SSSR count). The van der Waals surface area contributed by atoms with E-state index in [0.717, 1.165) is 37.7 Å². The smallest absolute Gasteiger partial charge is 0.309 e. The van der Waals surface area contributed by atoms with Crippen LogP contribution in [0.2, 0.25) is 0 Å². The highest BCUT2D eigenvalue weighted by Gasteiger charge is 2.37. The molecular formula is C24H36N2O6S. The molecule has 1 aromatic rings. The molecule has 1 aliphatic heterocycles. The zero-order valence-corrected chi connectivity index (χ0v) is 20.7. The minimum Gasteiger partial charge on any atom is -0.495 e. The Labute approximate surface area is 197 Å². The van der Waals surface area contributed by atoms with Crippen molar-refractivity contribution in [1.82, 2.24) is 9.21 Å². The van der Waals surface area contributed by atoms with E-state index in [2.05, 4.69) is 0 Å². The summed E-state index contributed by atoms with van der Waals surface area (Å²) in [5.74, 6) is -0.367. The number of rotatable bonds is 8. The van der Waals surface area contributed by atoms with E-state index in [0.29, 0.717) is 32.5 Å². The number of piperidine rings is 1. The lowest BCUT2D eigenvalue weighted by atomic mass is 9.95. The predicted molar refractivity (Wildman–Crippen MR) is 124 cm³/mol. The van der Waals surface area contributed by atoms with Crippen LogP contribution in [0.3, 0.4) is 0 Å². The lowest BCUT2D eigenvalue weighted by Crippen LogP contribution is -2.50. The van der Waals surface area contributed by atoms with Crippen LogP contribution in [0.25, 0.3) is 0 Å². The Kier molecular flexibility index (Phi) is 8.75. The average molecular weight is 481 g/mol. The van der Waals surface area contributed by atoms with Crippen molar-refractivity contribution in [3.63, 3.8) is 0 Å². The Morgan fingerprint density at radius 1 is 1.09 bits per heavy atom. The van der Waals surface area contributed by atoms with Crippen LogP contribution in [-0.4, -0.2) is 68.9 Å². The molecule has 1 heterocycles. The number of hydrogen-bond acceptors (Lipinski definition) is 6. The van der Waals surface area contributed by atoms with Gasteiger partial charge in [-0.3, -0.25) is 9.59 Å². The number of hydrogen-bond donors (Lipinski definition) is 0. The van der Waals surface area contributed by atoms with E-state index in [4.69, 9.17) is 9.47 Å². The number of aryl methyl sites for hydroxylation is 1. The maximum Gasteiger partial charge on any atom is 0.309 e. The van der Waals surface area contributed by atoms with Crippen molar-refractivity contribution in [2.45, 2.75) is 69.7 Å². The molecule has 0 aromatic heterocycles. The first-order chi connectivity index (χ1) is 15.8. The fourth-order valence-electron chi connectivity index (χ4n) is 4.75. The van der Waals surface area contributed by atoms with Gasteiger partial charge < -0.3 is 14.4 Å². The fraction of sp³-hybridized carbons (Fsp3) is 0.667. The van der Waals surface area contributed by atoms with E-state index < -0.39 is 10.0 Å². The van der Waals surface area contributed by atoms with Crippen LogP contribution in [0.5, 0.6) is 5.75 Å². The maximum atomic E-state index is 13.8. The van der Waals surface area contributed by atoms with Crippen molar-refractivity contribution in [3.8, 4) is 5.75 Å². The second-order valence-corrected chi connectivity index (χ2v) is 10.8. The van der Waals surface area contributed by atoms with Crippen LogP contribution >= 0.6 is 0 Å². The van der Waals surface area contributed by atoms with Gasteiger partial charge in [-0.2, -0.15) is 4.31 Å². The molecular weight excluding hydrogens is 444 g/mol. The molecule has 184 valence electrons. The number of sulfonamides is 1. The van der Waals surface area contributed by atoms with Crippen LogP contribution < -0.4 is 4.74 Å². The summed E-state index contributed by atoms with van der Waals surface area (Å²) in [7, 11) is -2.49. The van der Waals surface area contributed by atoms with Crippen molar-refractivity contribution in [2.24, 2.45) is 5.92 Å². The highest BCUT2D eigenvalue weighted by atomic mass is 32.2. The number of methoxy groups -OCH3 is 1. The van der Waals surface area contributed by atoms with Gasteiger partial charge in [-0.1, -0.05) is 25.3 Å². The Morgan fingerprint density at radius 3 is 2.36 bits per heavy atom. The van der Waals surface area contributed by atoms with Crippen LogP contribution in [0.4, 0.5) is 0 Å². The maximum absolute atomic E-state index is 13.8. The summed E-state index contributed by atoms with van der Waals surface area (Å²) in [6.07, 6.45) is 5.52. The number of likely N-dealkylation sites (tertiary alicyclic amines) is 1. The molecule has 8 nitrogen and oxygen atoms in total. The third kappa shape index (κ3) is 6.06. The molecule has 0 atom stereocenters. The fourth-order valence-corrected chi connectivity index (χ4v) is 6.63. The molecule has 33 heavy (non-hydrogen) atoms. The van der Waals surface area contributed by atoms with Gasteiger partial charge in [-0.25, -0.2) is 8.42 Å². The van der Waals surface area contributed by atoms with Gasteiger partial charge in [0.25, 0.3) is 0 Å². The molecule has 9 heteroatoms. The number of carbonyl (C=O) groups excluding carboxylic acids is 2. The van der Waals surface area contributed by atoms with Crippen LogP contribution in [0.1, 0.15) is 57.4 Å². The Morgan fingerprint density at radius 2 is 1.76 bits per heavy atom. The first kappa shape index (κ1) is 25.5. The topological polar surface area (TPSA) is 93.2 Å². The van der Waals surface area contributed by atoms with Gasteiger partial charge >= 0.3 is 5.97 Å². The Hall–Kier alpha value is -2.13. The summed E-state index contributed by atoms with van der Waals surface area (Å²) >= 11 is 0. The number of nitrogens with zero attached hydrogens (tertiary/aromatic N) is 2. The monoisotopic (exact) mass is 480 g/mol. The van der Waals surface area contributed by atoms with Gasteiger partial charge in [0.1, 0.15) is 10.6 Å². The largest absolute Gasteiger partial charge is 0.495 e. The summed E-state index contributed by atoms with van der Waals surface area (Å²) in [4.78, 5) is 27.0. The molecule has 1 amide bonds. The van der Waals surface area contributed by atoms with E-state index in [9.17, 15) is 18.0 Å². The molecule has 0 spiro atoms. The number of benzene rings is 1. The average Bonchev–Trinajstić information content (AvgIpc) is 2.83. The van der Waals surface area contributed by atoms with Crippen molar-refractivity contribution >= 4 is 21.9 Å². The highest BCUT2D eigenvalue weighted by molar-refractivity contribution is 7.89. The second-order valence-electron chi connectivity index (χ2n) is 8.90. The number of esters is 1. The summed E-state index contributed by atoms with van der Waals surface area (Å²) in [5, 5.41) is 0. The van der Waals surface area contributed by atoms with Gasteiger partial charge in [0.2, 0.25) is 15.9 Å². The van der Waals surface area contributed by atoms with Gasteiger partial charge in [-0.05, 0) is 57.2 Å². The van der Waals surface area contributed by atoms with E-state index >= 15 is 0 Å². The van der Waals surface area contributed by atoms with E-state index in [1.807, 2.05) is 13.0 Å². The molecule has 1 aliphatic carbocycles. The number of carbonyl (C=O) groups is 2. The summed E-state index contributed by atoms with van der Waals surface area (Å²) in [5.41, 5.74) is 0.810. The van der Waals surface area contributed by atoms with E-state index in [1.54, 1.807) is 24.0 Å². The van der Waals surface area contributed by atoms with Crippen molar-refractivity contribution in [3.05, 3.63) is 23.8 Å². The lowest BCUT2D eigenvalue weighted by molar-refractivity contribution is -0.151. The van der Waals surface area contributed by atoms with Gasteiger partial charge in [-0.15, -0.1) is 0 Å². The third-order valence-corrected chi connectivity index (χ3v) is 8.57. The normalized spacial score (nSPS) is 18.4. The molecule has 2 fully saturated rings. The molecule has 0 bridgehead atoms. The third-order valence-electron chi connectivity index (χ3n) is 6.65. The minimum absolute atomic E-state index is 0.101. The molecule has 1 saturated heterocycles. The lowest BCUT2D eigenvalue weighted by Gasteiger charge is -2.36. The summed E-state index contributed by atoms with van der Waals surface area (Å²) in [6.45, 7) is 4.61. The van der Waals surface area contributed by atoms with Gasteiger partial charge in [0.05, 0.1) is 26.2 Å². The summed E-state index contributed by atoms with van der Waals surface area (Å²) < 4.78 is 39.5. The van der Waals surface area contributed by atoms with Gasteiger partial charge in [0, 0.05) is 19.1 Å². The predicted octanol–water partition coefficient (Wildman–Crippen LogP) is 3.13. The minimum atomic E-state index is -3.94. The van der Waals surface area contributed by atoms with Crippen LogP contribution in [0.15, 0.2) is 23.1 Å². The molecule has 0 N–H and O–H groups in total. The SMILES string of the molecule is CCOC(=O)C1CCN(C(=O)CN(C2CCCCC2)S(=O)(=O)c2cc(C)ccc2OC)CC1. The van der Waals surface area contributed by atoms with Crippen molar-refractivity contribution in [2.75, 3.05) is 33.4 Å². The first-order valence-corrected chi connectivity index (χ1v) is 13.3. The zero-order chi connectivity index (χ0) is 24.0. The molecule has 1 saturated carbocycles. The van der Waals surface area contributed by atoms with Crippen LogP contribution in [-0.2, 0) is 24.3 Å². The first-order valence-electron chi connectivity index (χ1n) is 11.9. The number of ether oxygens (including phenoxy) is 2. The molecule has 1 aromatic carbocycles. The molecule has 2 aliphatic rings. The molecule has 0 radical (unpaired) electrons. The van der Waals surface area contributed by atoms with E-state index in [-0.39, 0.29) is 41.0 Å². The second kappa shape index (κ2) is 11.3. The quantitative estimate of drug-likeness (QED) is 0.531. The Bertz CT molecular complexity index is 934. The Balaban J connectivity index is 1.80. The molecule has 0 unspecified atom stereocenters. The summed E-state index contributed by atoms with van der Waals surface area (Å²) in [6, 6.07) is 4.86. The zero-order valence-electron chi connectivity index (χ0n) is 19.9.